The Balaban J connectivity index is 1.29. The van der Waals surface area contributed by atoms with Gasteiger partial charge in [0.05, 0.1) is 5.56 Å². The largest absolute Gasteiger partial charge is 0.467 e. The molecule has 4 aliphatic rings. The second-order valence-corrected chi connectivity index (χ2v) is 8.37. The van der Waals surface area contributed by atoms with E-state index in [1.807, 2.05) is 18.2 Å². The third kappa shape index (κ3) is 3.16. The van der Waals surface area contributed by atoms with Gasteiger partial charge in [0.15, 0.2) is 5.72 Å². The highest BCUT2D eigenvalue weighted by Crippen LogP contribution is 2.52. The number of halogens is 1. The van der Waals surface area contributed by atoms with Gasteiger partial charge in [-0.1, -0.05) is 24.3 Å². The van der Waals surface area contributed by atoms with Crippen molar-refractivity contribution in [3.8, 4) is 5.75 Å². The number of para-hydroxylation sites is 1. The van der Waals surface area contributed by atoms with Crippen LogP contribution in [0, 0.1) is 23.6 Å². The van der Waals surface area contributed by atoms with E-state index in [2.05, 4.69) is 10.6 Å². The molecule has 0 radical (unpaired) electrons. The lowest BCUT2D eigenvalue weighted by atomic mass is 9.60. The van der Waals surface area contributed by atoms with Gasteiger partial charge >= 0.3 is 0 Å². The van der Waals surface area contributed by atoms with Crippen molar-refractivity contribution < 1.29 is 18.7 Å². The fourth-order valence-electron chi connectivity index (χ4n) is 5.25. The molecule has 2 N–H and O–H groups in total. The lowest BCUT2D eigenvalue weighted by molar-refractivity contribution is -0.146. The number of carbonyl (C=O) groups is 2. The summed E-state index contributed by atoms with van der Waals surface area (Å²) in [6.07, 6.45) is 3.20. The van der Waals surface area contributed by atoms with Gasteiger partial charge in [-0.2, -0.15) is 0 Å². The first-order valence-corrected chi connectivity index (χ1v) is 10.2. The molecule has 3 aliphatic carbocycles. The summed E-state index contributed by atoms with van der Waals surface area (Å²) in [5.74, 6) is 0.350. The van der Waals surface area contributed by atoms with Crippen molar-refractivity contribution in [2.75, 3.05) is 0 Å². The van der Waals surface area contributed by atoms with Gasteiger partial charge < -0.3 is 15.4 Å². The van der Waals surface area contributed by atoms with Crippen LogP contribution in [0.25, 0.3) is 0 Å². The molecule has 3 fully saturated rings. The maximum atomic E-state index is 13.3. The molecule has 2 bridgehead atoms. The van der Waals surface area contributed by atoms with E-state index in [1.54, 1.807) is 18.2 Å². The highest BCUT2D eigenvalue weighted by molar-refractivity contribution is 5.98. The highest BCUT2D eigenvalue weighted by Gasteiger charge is 2.57. The highest BCUT2D eigenvalue weighted by atomic mass is 19.1. The lowest BCUT2D eigenvalue weighted by Gasteiger charge is -2.55. The zero-order valence-electron chi connectivity index (χ0n) is 16.0. The number of amides is 2. The van der Waals surface area contributed by atoms with Gasteiger partial charge in [0.2, 0.25) is 5.91 Å². The Morgan fingerprint density at radius 3 is 2.86 bits per heavy atom. The first kappa shape index (κ1) is 18.2. The van der Waals surface area contributed by atoms with Crippen LogP contribution in [0.3, 0.4) is 0 Å². The van der Waals surface area contributed by atoms with Gasteiger partial charge in [-0.05, 0) is 55.0 Å². The van der Waals surface area contributed by atoms with E-state index in [4.69, 9.17) is 4.74 Å². The Kier molecular flexibility index (Phi) is 4.30. The summed E-state index contributed by atoms with van der Waals surface area (Å²) < 4.78 is 19.7. The van der Waals surface area contributed by atoms with Crippen molar-refractivity contribution in [3.63, 3.8) is 0 Å². The van der Waals surface area contributed by atoms with Crippen molar-refractivity contribution in [3.05, 3.63) is 65.5 Å². The molecule has 4 atom stereocenters. The average Bonchev–Trinajstić information content (AvgIpc) is 2.72. The predicted octanol–water partition coefficient (Wildman–Crippen LogP) is 3.40. The molecule has 1 heterocycles. The number of nitrogens with one attached hydrogen (secondary N) is 2. The molecular formula is C23H23FN2O3. The van der Waals surface area contributed by atoms with Gasteiger partial charge in [-0.3, -0.25) is 9.59 Å². The van der Waals surface area contributed by atoms with Crippen LogP contribution in [0.15, 0.2) is 48.5 Å². The zero-order chi connectivity index (χ0) is 20.0. The quantitative estimate of drug-likeness (QED) is 0.839. The van der Waals surface area contributed by atoms with Crippen LogP contribution in [-0.4, -0.2) is 17.5 Å². The summed E-state index contributed by atoms with van der Waals surface area (Å²) in [4.78, 5) is 25.5. The van der Waals surface area contributed by atoms with Crippen molar-refractivity contribution in [2.24, 2.45) is 17.8 Å². The molecule has 6 heteroatoms. The number of fused-ring (bicyclic) bond motifs is 3. The summed E-state index contributed by atoms with van der Waals surface area (Å²) >= 11 is 0. The fraction of sp³-hybridized carbons (Fsp3) is 0.391. The van der Waals surface area contributed by atoms with Crippen LogP contribution in [0.5, 0.6) is 5.75 Å². The normalized spacial score (nSPS) is 29.7. The van der Waals surface area contributed by atoms with Gasteiger partial charge in [-0.15, -0.1) is 0 Å². The molecule has 150 valence electrons. The predicted molar refractivity (Wildman–Crippen MR) is 104 cm³/mol. The molecule has 2 amide bonds. The number of carbonyl (C=O) groups excluding carboxylic acids is 2. The standard InChI is InChI=1S/C23H23FN2O3/c24-17-5-3-4-14(10-17)13-25-21(27)19-11-16-9-8-15(19)12-23(16)26-22(28)18-6-1-2-7-20(18)29-23/h1-7,10,15-16,19H,8-9,11-13H2,(H,25,27)(H,26,28). The molecule has 0 saturated heterocycles. The van der Waals surface area contributed by atoms with Crippen LogP contribution in [0.2, 0.25) is 0 Å². The van der Waals surface area contributed by atoms with E-state index in [9.17, 15) is 14.0 Å². The van der Waals surface area contributed by atoms with E-state index >= 15 is 0 Å². The first-order chi connectivity index (χ1) is 14.0. The van der Waals surface area contributed by atoms with Gasteiger partial charge in [0.25, 0.3) is 5.91 Å². The maximum Gasteiger partial charge on any atom is 0.258 e. The van der Waals surface area contributed by atoms with Crippen LogP contribution < -0.4 is 15.4 Å². The number of rotatable bonds is 3. The average molecular weight is 394 g/mol. The molecule has 1 aliphatic heterocycles. The Morgan fingerprint density at radius 2 is 2.07 bits per heavy atom. The third-order valence-electron chi connectivity index (χ3n) is 6.66. The van der Waals surface area contributed by atoms with Crippen molar-refractivity contribution in [2.45, 2.75) is 38.0 Å². The number of hydrogen-bond donors (Lipinski definition) is 2. The minimum Gasteiger partial charge on any atom is -0.467 e. The van der Waals surface area contributed by atoms with Crippen LogP contribution >= 0.6 is 0 Å². The Morgan fingerprint density at radius 1 is 1.21 bits per heavy atom. The van der Waals surface area contributed by atoms with Crippen LogP contribution in [0.4, 0.5) is 4.39 Å². The lowest BCUT2D eigenvalue weighted by Crippen LogP contribution is -2.66. The molecule has 2 aromatic rings. The van der Waals surface area contributed by atoms with Crippen LogP contribution in [-0.2, 0) is 11.3 Å². The van der Waals surface area contributed by atoms with Crippen molar-refractivity contribution in [1.29, 1.82) is 0 Å². The Bertz CT molecular complexity index is 978. The minimum atomic E-state index is -0.715. The summed E-state index contributed by atoms with van der Waals surface area (Å²) in [6, 6.07) is 13.6. The first-order valence-electron chi connectivity index (χ1n) is 10.2. The molecule has 6 rings (SSSR count). The molecule has 0 aromatic heterocycles. The van der Waals surface area contributed by atoms with Gasteiger partial charge in [0.1, 0.15) is 11.6 Å². The molecule has 29 heavy (non-hydrogen) atoms. The summed E-state index contributed by atoms with van der Waals surface area (Å²) in [7, 11) is 0. The van der Waals surface area contributed by atoms with E-state index in [0.717, 1.165) is 18.4 Å². The smallest absolute Gasteiger partial charge is 0.258 e. The fourth-order valence-corrected chi connectivity index (χ4v) is 5.25. The monoisotopic (exact) mass is 394 g/mol. The van der Waals surface area contributed by atoms with E-state index < -0.39 is 5.72 Å². The summed E-state index contributed by atoms with van der Waals surface area (Å²) in [5, 5.41) is 6.07. The number of hydrogen-bond acceptors (Lipinski definition) is 3. The number of ether oxygens (including phenoxy) is 1. The Labute approximate surface area is 168 Å². The SMILES string of the molecule is O=C1NC2(CC3CCC2CC3C(=O)NCc2cccc(F)c2)Oc2ccccc21. The van der Waals surface area contributed by atoms with E-state index in [0.29, 0.717) is 30.7 Å². The maximum absolute atomic E-state index is 13.3. The van der Waals surface area contributed by atoms with E-state index in [-0.39, 0.29) is 35.4 Å². The molecule has 2 aromatic carbocycles. The molecule has 4 unspecified atom stereocenters. The topological polar surface area (TPSA) is 67.4 Å². The number of benzene rings is 2. The minimum absolute atomic E-state index is 0.00125. The molecule has 1 spiro atoms. The van der Waals surface area contributed by atoms with Gasteiger partial charge in [-0.25, -0.2) is 4.39 Å². The zero-order valence-corrected chi connectivity index (χ0v) is 16.0. The molecule has 3 saturated carbocycles. The summed E-state index contributed by atoms with van der Waals surface area (Å²) in [6.45, 7) is 0.316. The second kappa shape index (κ2) is 6.87. The van der Waals surface area contributed by atoms with Crippen molar-refractivity contribution in [1.82, 2.24) is 10.6 Å². The molecule has 5 nitrogen and oxygen atoms in total. The summed E-state index contributed by atoms with van der Waals surface area (Å²) in [5.41, 5.74) is 0.590. The van der Waals surface area contributed by atoms with Gasteiger partial charge in [0, 0.05) is 24.8 Å². The van der Waals surface area contributed by atoms with Crippen LogP contribution in [0.1, 0.15) is 41.6 Å². The third-order valence-corrected chi connectivity index (χ3v) is 6.66. The molecular weight excluding hydrogens is 371 g/mol. The van der Waals surface area contributed by atoms with Crippen molar-refractivity contribution >= 4 is 11.8 Å². The van der Waals surface area contributed by atoms with E-state index in [1.165, 1.54) is 12.1 Å². The Hall–Kier alpha value is -2.89. The second-order valence-electron chi connectivity index (χ2n) is 8.37.